The summed E-state index contributed by atoms with van der Waals surface area (Å²) in [5, 5.41) is -0.712. The van der Waals surface area contributed by atoms with Crippen LogP contribution in [0.25, 0.3) is 0 Å². The number of rotatable bonds is 3. The SMILES string of the molecule is COC(=O)C(C)(C)[C@@H](N)c1cc(C(F)(F)F)cc(Cl)c1F. The molecule has 1 aromatic carbocycles. The third-order valence-electron chi connectivity index (χ3n) is 3.21. The minimum absolute atomic E-state index is 0.470. The van der Waals surface area contributed by atoms with Crippen molar-refractivity contribution in [2.24, 2.45) is 11.1 Å². The summed E-state index contributed by atoms with van der Waals surface area (Å²) in [7, 11) is 1.10. The van der Waals surface area contributed by atoms with Gasteiger partial charge >= 0.3 is 12.1 Å². The molecule has 0 aliphatic heterocycles. The summed E-state index contributed by atoms with van der Waals surface area (Å²) in [5.41, 5.74) is 2.70. The molecule has 1 aromatic rings. The molecule has 21 heavy (non-hydrogen) atoms. The lowest BCUT2D eigenvalue weighted by Gasteiger charge is -2.29. The zero-order valence-corrected chi connectivity index (χ0v) is 12.3. The second-order valence-corrected chi connectivity index (χ2v) is 5.46. The standard InChI is InChI=1S/C13H14ClF4NO2/c1-12(2,11(20)21-3)10(19)7-4-6(13(16,17)18)5-8(14)9(7)15/h4-5,10H,19H2,1-3H3/t10-/m0/s1. The Labute approximate surface area is 124 Å². The van der Waals surface area contributed by atoms with E-state index in [1.54, 1.807) is 0 Å². The number of hydrogen-bond donors (Lipinski definition) is 1. The van der Waals surface area contributed by atoms with Crippen LogP contribution >= 0.6 is 11.6 Å². The number of carbonyl (C=O) groups excluding carboxylic acids is 1. The third kappa shape index (κ3) is 3.47. The Morgan fingerprint density at radius 2 is 1.86 bits per heavy atom. The molecule has 1 rings (SSSR count). The van der Waals surface area contributed by atoms with E-state index in [9.17, 15) is 22.4 Å². The molecule has 0 fully saturated rings. The van der Waals surface area contributed by atoms with Gasteiger partial charge in [-0.05, 0) is 26.0 Å². The molecule has 0 heterocycles. The highest BCUT2D eigenvalue weighted by Crippen LogP contribution is 2.39. The van der Waals surface area contributed by atoms with Crippen LogP contribution < -0.4 is 5.73 Å². The minimum atomic E-state index is -4.71. The summed E-state index contributed by atoms with van der Waals surface area (Å²) in [6.07, 6.45) is -4.71. The van der Waals surface area contributed by atoms with Gasteiger partial charge in [0.2, 0.25) is 0 Å². The van der Waals surface area contributed by atoms with E-state index in [1.165, 1.54) is 13.8 Å². The summed E-state index contributed by atoms with van der Waals surface area (Å²) < 4.78 is 56.8. The largest absolute Gasteiger partial charge is 0.469 e. The molecule has 2 N–H and O–H groups in total. The normalized spacial score (nSPS) is 14.0. The summed E-state index contributed by atoms with van der Waals surface area (Å²) >= 11 is 5.49. The van der Waals surface area contributed by atoms with Crippen LogP contribution in [0.15, 0.2) is 12.1 Å². The number of nitrogens with two attached hydrogens (primary N) is 1. The molecular weight excluding hydrogens is 314 g/mol. The molecule has 8 heteroatoms. The molecule has 0 saturated heterocycles. The molecule has 3 nitrogen and oxygen atoms in total. The number of hydrogen-bond acceptors (Lipinski definition) is 3. The number of halogens is 5. The number of esters is 1. The lowest BCUT2D eigenvalue weighted by Crippen LogP contribution is -2.38. The van der Waals surface area contributed by atoms with Crippen LogP contribution in [0, 0.1) is 11.2 Å². The molecule has 0 amide bonds. The molecule has 0 saturated carbocycles. The van der Waals surface area contributed by atoms with Gasteiger partial charge in [0.25, 0.3) is 0 Å². The second-order valence-electron chi connectivity index (χ2n) is 5.05. The molecule has 118 valence electrons. The smallest absolute Gasteiger partial charge is 0.416 e. The van der Waals surface area contributed by atoms with Crippen LogP contribution in [0.3, 0.4) is 0 Å². The Hall–Kier alpha value is -1.34. The first-order chi connectivity index (χ1) is 9.42. The van der Waals surface area contributed by atoms with Crippen LogP contribution in [-0.2, 0) is 15.7 Å². The predicted molar refractivity (Wildman–Crippen MR) is 69.1 cm³/mol. The first-order valence-electron chi connectivity index (χ1n) is 5.83. The van der Waals surface area contributed by atoms with Crippen molar-refractivity contribution in [1.82, 2.24) is 0 Å². The summed E-state index contributed by atoms with van der Waals surface area (Å²) in [4.78, 5) is 11.6. The Balaban J connectivity index is 3.42. The lowest BCUT2D eigenvalue weighted by atomic mass is 9.80. The highest BCUT2D eigenvalue weighted by atomic mass is 35.5. The molecule has 0 spiro atoms. The predicted octanol–water partition coefficient (Wildman–Crippen LogP) is 3.70. The lowest BCUT2D eigenvalue weighted by molar-refractivity contribution is -0.152. The van der Waals surface area contributed by atoms with Crippen molar-refractivity contribution in [1.29, 1.82) is 0 Å². The molecule has 0 aliphatic rings. The van der Waals surface area contributed by atoms with E-state index in [0.29, 0.717) is 12.1 Å². The van der Waals surface area contributed by atoms with Gasteiger partial charge in [0.1, 0.15) is 5.82 Å². The summed E-state index contributed by atoms with van der Waals surface area (Å²) in [5.74, 6) is -1.86. The first kappa shape index (κ1) is 17.7. The fraction of sp³-hybridized carbons (Fsp3) is 0.462. The Bertz CT molecular complexity index is 558. The minimum Gasteiger partial charge on any atom is -0.469 e. The van der Waals surface area contributed by atoms with Gasteiger partial charge < -0.3 is 10.5 Å². The molecule has 0 aromatic heterocycles. The maximum Gasteiger partial charge on any atom is 0.416 e. The molecular formula is C13H14ClF4NO2. The van der Waals surface area contributed by atoms with Gasteiger partial charge in [0.15, 0.2) is 0 Å². The van der Waals surface area contributed by atoms with Crippen molar-refractivity contribution in [3.8, 4) is 0 Å². The van der Waals surface area contributed by atoms with Gasteiger partial charge in [-0.25, -0.2) is 4.39 Å². The fourth-order valence-electron chi connectivity index (χ4n) is 1.78. The number of alkyl halides is 3. The van der Waals surface area contributed by atoms with Gasteiger partial charge in [-0.3, -0.25) is 4.79 Å². The van der Waals surface area contributed by atoms with E-state index in [-0.39, 0.29) is 0 Å². The number of carbonyl (C=O) groups is 1. The van der Waals surface area contributed by atoms with Crippen LogP contribution in [0.1, 0.15) is 31.0 Å². The van der Waals surface area contributed by atoms with Crippen molar-refractivity contribution < 1.29 is 27.1 Å². The monoisotopic (exact) mass is 327 g/mol. The van der Waals surface area contributed by atoms with E-state index in [4.69, 9.17) is 17.3 Å². The van der Waals surface area contributed by atoms with Gasteiger partial charge in [0.05, 0.1) is 23.1 Å². The maximum atomic E-state index is 14.0. The molecule has 0 unspecified atom stereocenters. The molecule has 1 atom stereocenters. The Kier molecular flexibility index (Phi) is 4.90. The van der Waals surface area contributed by atoms with Crippen molar-refractivity contribution >= 4 is 17.6 Å². The van der Waals surface area contributed by atoms with Crippen LogP contribution in [-0.4, -0.2) is 13.1 Å². The number of ether oxygens (including phenoxy) is 1. The maximum absolute atomic E-state index is 14.0. The van der Waals surface area contributed by atoms with E-state index in [0.717, 1.165) is 7.11 Å². The highest BCUT2D eigenvalue weighted by Gasteiger charge is 2.40. The summed E-state index contributed by atoms with van der Waals surface area (Å²) in [6, 6.07) is -0.334. The molecule has 0 radical (unpaired) electrons. The quantitative estimate of drug-likeness (QED) is 0.680. The highest BCUT2D eigenvalue weighted by molar-refractivity contribution is 6.30. The van der Waals surface area contributed by atoms with E-state index < -0.39 is 45.6 Å². The van der Waals surface area contributed by atoms with Crippen molar-refractivity contribution in [2.75, 3.05) is 7.11 Å². The van der Waals surface area contributed by atoms with Gasteiger partial charge in [-0.1, -0.05) is 11.6 Å². The van der Waals surface area contributed by atoms with Crippen LogP contribution in [0.5, 0.6) is 0 Å². The first-order valence-corrected chi connectivity index (χ1v) is 6.20. The molecule has 0 bridgehead atoms. The molecule has 0 aliphatic carbocycles. The Morgan fingerprint density at radius 1 is 1.33 bits per heavy atom. The van der Waals surface area contributed by atoms with E-state index in [1.807, 2.05) is 0 Å². The zero-order valence-electron chi connectivity index (χ0n) is 11.5. The Morgan fingerprint density at radius 3 is 2.29 bits per heavy atom. The average Bonchev–Trinajstić information content (AvgIpc) is 2.38. The van der Waals surface area contributed by atoms with Crippen LogP contribution in [0.4, 0.5) is 17.6 Å². The van der Waals surface area contributed by atoms with Gasteiger partial charge in [0, 0.05) is 11.6 Å². The average molecular weight is 328 g/mol. The van der Waals surface area contributed by atoms with Crippen molar-refractivity contribution in [3.63, 3.8) is 0 Å². The van der Waals surface area contributed by atoms with Crippen LogP contribution in [0.2, 0.25) is 5.02 Å². The van der Waals surface area contributed by atoms with Gasteiger partial charge in [-0.2, -0.15) is 13.2 Å². The third-order valence-corrected chi connectivity index (χ3v) is 3.48. The van der Waals surface area contributed by atoms with Crippen molar-refractivity contribution in [3.05, 3.63) is 34.1 Å². The topological polar surface area (TPSA) is 52.3 Å². The fourth-order valence-corrected chi connectivity index (χ4v) is 2.01. The number of methoxy groups -OCH3 is 1. The van der Waals surface area contributed by atoms with E-state index >= 15 is 0 Å². The second kappa shape index (κ2) is 5.81. The van der Waals surface area contributed by atoms with Crippen molar-refractivity contribution in [2.45, 2.75) is 26.1 Å². The number of benzene rings is 1. The van der Waals surface area contributed by atoms with Gasteiger partial charge in [-0.15, -0.1) is 0 Å². The van der Waals surface area contributed by atoms with E-state index in [2.05, 4.69) is 4.74 Å². The zero-order chi connectivity index (χ0) is 16.6. The summed E-state index contributed by atoms with van der Waals surface area (Å²) in [6.45, 7) is 2.69.